The van der Waals surface area contributed by atoms with Crippen LogP contribution >= 0.6 is 0 Å². The number of nitrogens with one attached hydrogen (secondary N) is 5. The normalized spacial score (nSPS) is 17.9. The third-order valence-corrected chi connectivity index (χ3v) is 38.7. The second-order valence-corrected chi connectivity index (χ2v) is 57.8. The van der Waals surface area contributed by atoms with Crippen LogP contribution in [0.1, 0.15) is 435 Å². The maximum Gasteiger partial charge on any atom is 0.262 e. The molecule has 0 spiro atoms. The monoisotopic (exact) mass is 2050 g/mol. The maximum absolute atomic E-state index is 13.4. The summed E-state index contributed by atoms with van der Waals surface area (Å²) in [5.41, 5.74) is 29.8. The van der Waals surface area contributed by atoms with E-state index in [9.17, 15) is 39.6 Å². The quantitative estimate of drug-likeness (QED) is 0.0384. The summed E-state index contributed by atoms with van der Waals surface area (Å²) in [5.74, 6) is 0.778. The molecule has 10 aromatic carbocycles. The molecule has 5 aliphatic rings. The zero-order valence-corrected chi connectivity index (χ0v) is 99.2. The first kappa shape index (κ1) is 117. The largest absolute Gasteiger partial charge is 0.381 e. The number of Topliss-reactive ketones (excluding diaryl/α,β-unsaturated/α-hetero) is 3. The lowest BCUT2D eigenvalue weighted by Crippen LogP contribution is -2.34. The van der Waals surface area contributed by atoms with E-state index in [1.807, 2.05) is 104 Å². The van der Waals surface area contributed by atoms with Crippen LogP contribution in [0, 0.1) is 26.7 Å². The molecular formula is C130H179N5O9S3. The van der Waals surface area contributed by atoms with Gasteiger partial charge in [0.05, 0.1) is 14.7 Å². The van der Waals surface area contributed by atoms with Crippen LogP contribution < -0.4 is 24.8 Å². The number of hydrogen-bond acceptors (Lipinski definition) is 11. The number of carbonyl (C=O) groups excluding carboxylic acids is 3. The molecule has 1 unspecified atom stereocenters. The second kappa shape index (κ2) is 43.1. The van der Waals surface area contributed by atoms with Crippen LogP contribution in [0.2, 0.25) is 0 Å². The Kier molecular flexibility index (Phi) is 34.4. The summed E-state index contributed by atoms with van der Waals surface area (Å²) in [6.07, 6.45) is 12.5. The van der Waals surface area contributed by atoms with E-state index in [0.717, 1.165) is 103 Å². The molecule has 5 N–H and O–H groups in total. The van der Waals surface area contributed by atoms with Crippen LogP contribution in [0.25, 0.3) is 0 Å². The van der Waals surface area contributed by atoms with Gasteiger partial charge >= 0.3 is 0 Å². The van der Waals surface area contributed by atoms with Gasteiger partial charge in [0, 0.05) is 58.3 Å². The molecule has 0 saturated carbocycles. The van der Waals surface area contributed by atoms with Gasteiger partial charge in [-0.2, -0.15) is 0 Å². The molecule has 0 saturated heterocycles. The molecule has 0 heterocycles. The molecule has 147 heavy (non-hydrogen) atoms. The summed E-state index contributed by atoms with van der Waals surface area (Å²) in [6.45, 7) is 83.4. The summed E-state index contributed by atoms with van der Waals surface area (Å²) in [7, 11) is -11.2. The Morgan fingerprint density at radius 2 is 0.592 bits per heavy atom. The SMILES string of the molecule is CC(=O)C(C)(C)c1ccc(NS(=O)(=O)c2cc3c(cc2C)C(C)(C)CCC3(C)C)cc1.CC(=O)C(C)(C)c1ccc(NS(=O)(=O)c2ccc3c(c2)C(C)(C)CCC3(C)C)cc1.CC(=O)C(c1ccc(NS(=O)(=O)c2cc3c(cc2C)C(C)(C)CCC3(C)C)cc1)C(C)C.CCc1ccc(NCc2cc3c(cc2C(C)C)C(C)(C)CCC3(C)C)cc1.Cc1cc2c(cc1CNc1ccc(C(C)(C)C)cc1)C(C)(C)CCC2(C)C. The smallest absolute Gasteiger partial charge is 0.262 e. The highest BCUT2D eigenvalue weighted by molar-refractivity contribution is 7.93. The average Bonchev–Trinajstić information content (AvgIpc) is 0.743. The molecule has 1 atom stereocenters. The summed E-state index contributed by atoms with van der Waals surface area (Å²) < 4.78 is 87.6. The molecular weight excluding hydrogens is 1870 g/mol. The van der Waals surface area contributed by atoms with Gasteiger partial charge in [-0.1, -0.05) is 297 Å². The van der Waals surface area contributed by atoms with Gasteiger partial charge in [-0.3, -0.25) is 28.5 Å². The Bertz CT molecular complexity index is 6850. The van der Waals surface area contributed by atoms with Gasteiger partial charge in [-0.25, -0.2) is 25.3 Å². The molecule has 17 heteroatoms. The van der Waals surface area contributed by atoms with Crippen molar-refractivity contribution in [1.82, 2.24) is 0 Å². The second-order valence-electron chi connectivity index (χ2n) is 52.8. The summed E-state index contributed by atoms with van der Waals surface area (Å²) in [5, 5.41) is 7.30. The topological polar surface area (TPSA) is 214 Å². The number of anilines is 5. The van der Waals surface area contributed by atoms with Crippen molar-refractivity contribution in [2.75, 3.05) is 24.8 Å². The number of fused-ring (bicyclic) bond motifs is 5. The molecule has 14 nitrogen and oxygen atoms in total. The zero-order valence-electron chi connectivity index (χ0n) is 96.7. The molecule has 796 valence electrons. The van der Waals surface area contributed by atoms with Crippen LogP contribution in [0.5, 0.6) is 0 Å². The zero-order chi connectivity index (χ0) is 110. The van der Waals surface area contributed by atoms with E-state index >= 15 is 0 Å². The van der Waals surface area contributed by atoms with Crippen molar-refractivity contribution >= 4 is 75.9 Å². The van der Waals surface area contributed by atoms with E-state index in [0.29, 0.717) is 32.8 Å². The van der Waals surface area contributed by atoms with Crippen LogP contribution in [-0.2, 0) is 134 Å². The first-order valence-electron chi connectivity index (χ1n) is 53.8. The molecule has 10 aromatic rings. The van der Waals surface area contributed by atoms with Crippen molar-refractivity contribution in [1.29, 1.82) is 0 Å². The number of benzene rings is 10. The molecule has 0 aliphatic heterocycles. The van der Waals surface area contributed by atoms with E-state index in [2.05, 4.69) is 297 Å². The Morgan fingerprint density at radius 1 is 0.313 bits per heavy atom. The molecule has 0 amide bonds. The minimum Gasteiger partial charge on any atom is -0.381 e. The number of aryl methyl sites for hydroxylation is 4. The third kappa shape index (κ3) is 26.6. The highest BCUT2D eigenvalue weighted by Gasteiger charge is 2.45. The lowest BCUT2D eigenvalue weighted by Gasteiger charge is -2.42. The Balaban J connectivity index is 0.000000175. The number of sulfonamides is 3. The van der Waals surface area contributed by atoms with Gasteiger partial charge in [-0.15, -0.1) is 0 Å². The molecule has 0 fully saturated rings. The maximum atomic E-state index is 13.4. The predicted molar refractivity (Wildman–Crippen MR) is 620 cm³/mol. The standard InChI is InChI=1S/C27H37NO3S.C26H35NO3S.2C26H37N.C25H33NO3S/c1-17(2)25(19(4)29)20-9-11-21(12-10-20)28-32(30,31)24-16-23-22(15-18(24)3)26(5,6)13-14-27(23,7)8;1-17-15-21-22(25(5,6)14-13-24(21,3)4)16-23(17)31(29,30)27-20-11-9-19(10-12-20)26(7,8)18(2)28;1-18-15-22-23(26(7,8)14-13-25(22,5)6)16-19(18)17-27-21-11-9-20(10-12-21)24(2,3)4;1-8-19-9-11-21(12-10-19)27-17-20-15-23-24(16-22(20)18(2)3)26(6,7)14-13-25(23,4)5;1-17(27)25(6,7)18-8-10-19(11-9-18)26-30(28,29)20-12-13-21-22(16-20)24(4,5)15-14-23(21,2)3/h9-12,15-17,25,28H,13-14H2,1-8H3;9-12,15-16,27H,13-14H2,1-8H3;9-12,15-16,27H,13-14,17H2,1-8H3;9-12,15-16,18,27H,8,13-14,17H2,1-7H3;8-13,16,26H,14-15H2,1-7H3. The number of carbonyl (C=O) groups is 3. The van der Waals surface area contributed by atoms with Crippen molar-refractivity contribution in [3.8, 4) is 0 Å². The molecule has 15 rings (SSSR count). The van der Waals surface area contributed by atoms with Crippen LogP contribution in [0.3, 0.4) is 0 Å². The number of ketones is 3. The van der Waals surface area contributed by atoms with Crippen LogP contribution in [0.15, 0.2) is 203 Å². The van der Waals surface area contributed by atoms with Gasteiger partial charge in [0.25, 0.3) is 30.1 Å². The average molecular weight is 2050 g/mol. The van der Waals surface area contributed by atoms with Gasteiger partial charge in [0.1, 0.15) is 17.3 Å². The third-order valence-electron chi connectivity index (χ3n) is 34.2. The minimum absolute atomic E-state index is 0.0324. The summed E-state index contributed by atoms with van der Waals surface area (Å²) in [4.78, 5) is 36.7. The van der Waals surface area contributed by atoms with Gasteiger partial charge in [-0.05, 0) is 413 Å². The van der Waals surface area contributed by atoms with Gasteiger partial charge in [0.2, 0.25) is 0 Å². The molecule has 0 radical (unpaired) electrons. The van der Waals surface area contributed by atoms with Crippen molar-refractivity contribution in [2.45, 2.75) is 444 Å². The fraction of sp³-hybridized carbons (Fsp3) is 0.515. The molecule has 0 bridgehead atoms. The van der Waals surface area contributed by atoms with E-state index in [4.69, 9.17) is 0 Å². The molecule has 0 aromatic heterocycles. The van der Waals surface area contributed by atoms with Crippen molar-refractivity contribution in [3.05, 3.63) is 305 Å². The van der Waals surface area contributed by atoms with E-state index in [1.165, 1.54) is 87.1 Å². The Labute approximate surface area is 888 Å². The first-order valence-corrected chi connectivity index (χ1v) is 58.3. The lowest BCUT2D eigenvalue weighted by molar-refractivity contribution is -0.122. The number of hydrogen-bond donors (Lipinski definition) is 5. The van der Waals surface area contributed by atoms with Crippen LogP contribution in [0.4, 0.5) is 28.4 Å². The van der Waals surface area contributed by atoms with E-state index < -0.39 is 40.9 Å². The van der Waals surface area contributed by atoms with Gasteiger partial charge < -0.3 is 10.6 Å². The van der Waals surface area contributed by atoms with E-state index in [-0.39, 0.29) is 93.6 Å². The van der Waals surface area contributed by atoms with Gasteiger partial charge in [0.15, 0.2) is 0 Å². The summed E-state index contributed by atoms with van der Waals surface area (Å²) in [6, 6.07) is 62.4. The fourth-order valence-corrected chi connectivity index (χ4v) is 25.9. The predicted octanol–water partition coefficient (Wildman–Crippen LogP) is 32.8. The number of rotatable bonds is 24. The van der Waals surface area contributed by atoms with Crippen molar-refractivity contribution in [2.24, 2.45) is 5.92 Å². The van der Waals surface area contributed by atoms with E-state index in [1.54, 1.807) is 97.6 Å². The Morgan fingerprint density at radius 3 is 0.918 bits per heavy atom. The lowest BCUT2D eigenvalue weighted by atomic mass is 9.62. The minimum atomic E-state index is -3.75. The molecule has 5 aliphatic carbocycles. The highest BCUT2D eigenvalue weighted by Crippen LogP contribution is 2.54. The van der Waals surface area contributed by atoms with Crippen molar-refractivity contribution in [3.63, 3.8) is 0 Å². The first-order chi connectivity index (χ1) is 67.4. The summed E-state index contributed by atoms with van der Waals surface area (Å²) >= 11 is 0. The Hall–Kier alpha value is -9.94. The fourth-order valence-electron chi connectivity index (χ4n) is 22.2. The van der Waals surface area contributed by atoms with Crippen molar-refractivity contribution < 1.29 is 39.6 Å². The highest BCUT2D eigenvalue weighted by atomic mass is 32.2. The van der Waals surface area contributed by atoms with Crippen LogP contribution in [-0.4, -0.2) is 42.6 Å².